The third kappa shape index (κ3) is 1.93. The summed E-state index contributed by atoms with van der Waals surface area (Å²) in [5.41, 5.74) is 3.10. The smallest absolute Gasteiger partial charge is 0.0469 e. The van der Waals surface area contributed by atoms with Gasteiger partial charge in [-0.25, -0.2) is 0 Å². The van der Waals surface area contributed by atoms with Crippen molar-refractivity contribution >= 4 is 0 Å². The fourth-order valence-corrected chi connectivity index (χ4v) is 3.79. The van der Waals surface area contributed by atoms with E-state index in [0.29, 0.717) is 6.04 Å². The molecule has 0 aromatic carbocycles. The molecule has 3 nitrogen and oxygen atoms in total. The molecule has 3 heteroatoms. The van der Waals surface area contributed by atoms with Crippen molar-refractivity contribution in [1.82, 2.24) is 5.43 Å². The van der Waals surface area contributed by atoms with Crippen LogP contribution in [0.1, 0.15) is 32.1 Å². The van der Waals surface area contributed by atoms with Crippen LogP contribution in [-0.4, -0.2) is 19.3 Å². The van der Waals surface area contributed by atoms with Crippen LogP contribution in [-0.2, 0) is 4.74 Å². The van der Waals surface area contributed by atoms with Gasteiger partial charge in [-0.05, 0) is 55.8 Å². The molecule has 3 atom stereocenters. The van der Waals surface area contributed by atoms with Gasteiger partial charge in [0, 0.05) is 19.3 Å². The van der Waals surface area contributed by atoms with Crippen molar-refractivity contribution in [2.24, 2.45) is 29.5 Å². The third-order valence-electron chi connectivity index (χ3n) is 4.75. The van der Waals surface area contributed by atoms with E-state index in [1.54, 1.807) is 0 Å². The highest BCUT2D eigenvalue weighted by Crippen LogP contribution is 2.55. The van der Waals surface area contributed by atoms with Crippen LogP contribution in [0.2, 0.25) is 0 Å². The maximum atomic E-state index is 5.75. The van der Waals surface area contributed by atoms with Gasteiger partial charge in [-0.3, -0.25) is 11.3 Å². The predicted octanol–water partition coefficient (Wildman–Crippen LogP) is 1.29. The monoisotopic (exact) mass is 210 g/mol. The van der Waals surface area contributed by atoms with Gasteiger partial charge in [0.05, 0.1) is 0 Å². The Hall–Kier alpha value is -0.120. The van der Waals surface area contributed by atoms with Crippen LogP contribution in [0.5, 0.6) is 0 Å². The Bertz CT molecular complexity index is 216. The van der Waals surface area contributed by atoms with Crippen molar-refractivity contribution in [2.45, 2.75) is 38.1 Å². The van der Waals surface area contributed by atoms with Crippen molar-refractivity contribution in [3.8, 4) is 0 Å². The second-order valence-electron chi connectivity index (χ2n) is 5.63. The summed E-state index contributed by atoms with van der Waals surface area (Å²) in [5.74, 6) is 9.48. The highest BCUT2D eigenvalue weighted by Gasteiger charge is 2.48. The summed E-state index contributed by atoms with van der Waals surface area (Å²) in [4.78, 5) is 0. The van der Waals surface area contributed by atoms with E-state index in [4.69, 9.17) is 10.6 Å². The molecule has 0 radical (unpaired) electrons. The van der Waals surface area contributed by atoms with Crippen molar-refractivity contribution in [1.29, 1.82) is 0 Å². The predicted molar refractivity (Wildman–Crippen MR) is 59.0 cm³/mol. The summed E-state index contributed by atoms with van der Waals surface area (Å²) >= 11 is 0. The maximum absolute atomic E-state index is 5.75. The van der Waals surface area contributed by atoms with Gasteiger partial charge >= 0.3 is 0 Å². The van der Waals surface area contributed by atoms with Crippen LogP contribution in [0.3, 0.4) is 0 Å². The van der Waals surface area contributed by atoms with Gasteiger partial charge in [0.25, 0.3) is 0 Å². The van der Waals surface area contributed by atoms with Crippen molar-refractivity contribution in [2.75, 3.05) is 13.2 Å². The average Bonchev–Trinajstić information content (AvgIpc) is 2.89. The molecule has 3 N–H and O–H groups in total. The van der Waals surface area contributed by atoms with Crippen molar-refractivity contribution < 1.29 is 4.74 Å². The molecule has 3 fully saturated rings. The number of nitrogens with two attached hydrogens (primary N) is 1. The quantitative estimate of drug-likeness (QED) is 0.545. The van der Waals surface area contributed by atoms with Crippen molar-refractivity contribution in [3.05, 3.63) is 0 Å². The Kier molecular flexibility index (Phi) is 2.71. The normalized spacial score (nSPS) is 42.6. The summed E-state index contributed by atoms with van der Waals surface area (Å²) in [5, 5.41) is 0. The first-order chi connectivity index (χ1) is 7.38. The highest BCUT2D eigenvalue weighted by molar-refractivity contribution is 5.00. The number of rotatable bonds is 3. The maximum Gasteiger partial charge on any atom is 0.0469 e. The van der Waals surface area contributed by atoms with E-state index in [9.17, 15) is 0 Å². The van der Waals surface area contributed by atoms with Gasteiger partial charge in [-0.1, -0.05) is 0 Å². The molecule has 86 valence electrons. The summed E-state index contributed by atoms with van der Waals surface area (Å²) in [6, 6.07) is 0.557. The molecule has 3 unspecified atom stereocenters. The first-order valence-electron chi connectivity index (χ1n) is 6.42. The summed E-state index contributed by atoms with van der Waals surface area (Å²) in [7, 11) is 0. The zero-order valence-electron chi connectivity index (χ0n) is 9.32. The Morgan fingerprint density at radius 1 is 1.00 bits per heavy atom. The fourth-order valence-electron chi connectivity index (χ4n) is 3.79. The van der Waals surface area contributed by atoms with Crippen LogP contribution in [0.4, 0.5) is 0 Å². The zero-order chi connectivity index (χ0) is 10.3. The molecule has 0 aromatic rings. The molecule has 1 heterocycles. The molecule has 1 saturated heterocycles. The van der Waals surface area contributed by atoms with E-state index in [1.807, 2.05) is 0 Å². The zero-order valence-corrected chi connectivity index (χ0v) is 9.32. The van der Waals surface area contributed by atoms with Crippen LogP contribution < -0.4 is 11.3 Å². The van der Waals surface area contributed by atoms with Gasteiger partial charge in [-0.15, -0.1) is 0 Å². The van der Waals surface area contributed by atoms with Crippen LogP contribution in [0, 0.1) is 23.7 Å². The third-order valence-corrected chi connectivity index (χ3v) is 4.75. The number of hydrogen-bond donors (Lipinski definition) is 2. The fraction of sp³-hybridized carbons (Fsp3) is 1.00. The molecule has 3 aliphatic rings. The van der Waals surface area contributed by atoms with Crippen LogP contribution >= 0.6 is 0 Å². The number of fused-ring (bicyclic) bond motifs is 1. The molecule has 15 heavy (non-hydrogen) atoms. The van der Waals surface area contributed by atoms with Gasteiger partial charge in [0.1, 0.15) is 0 Å². The molecule has 2 saturated carbocycles. The molecule has 2 aliphatic carbocycles. The van der Waals surface area contributed by atoms with E-state index >= 15 is 0 Å². The first-order valence-corrected chi connectivity index (χ1v) is 6.42. The lowest BCUT2D eigenvalue weighted by molar-refractivity contribution is 0.0438. The summed E-state index contributed by atoms with van der Waals surface area (Å²) in [6.45, 7) is 1.87. The number of hydrazine groups is 1. The molecule has 1 aliphatic heterocycles. The van der Waals surface area contributed by atoms with E-state index in [2.05, 4.69) is 5.43 Å². The Morgan fingerprint density at radius 2 is 1.67 bits per heavy atom. The molecule has 0 bridgehead atoms. The van der Waals surface area contributed by atoms with Gasteiger partial charge in [-0.2, -0.15) is 0 Å². The lowest BCUT2D eigenvalue weighted by Crippen LogP contribution is -2.47. The molecular formula is C12H22N2O. The first kappa shape index (κ1) is 10.1. The molecule has 0 spiro atoms. The summed E-state index contributed by atoms with van der Waals surface area (Å²) < 4.78 is 5.42. The Balaban J connectivity index is 1.59. The van der Waals surface area contributed by atoms with Gasteiger partial charge in [0.15, 0.2) is 0 Å². The second kappa shape index (κ2) is 4.04. The lowest BCUT2D eigenvalue weighted by Gasteiger charge is -2.34. The topological polar surface area (TPSA) is 47.3 Å². The minimum atomic E-state index is 0.557. The molecule has 0 aromatic heterocycles. The molecular weight excluding hydrogens is 188 g/mol. The number of ether oxygens (including phenoxy) is 1. The summed E-state index contributed by atoms with van der Waals surface area (Å²) in [6.07, 6.45) is 6.75. The lowest BCUT2D eigenvalue weighted by atomic mass is 9.81. The molecule has 3 rings (SSSR count). The number of nitrogens with one attached hydrogen (secondary N) is 1. The molecule has 0 amide bonds. The second-order valence-corrected chi connectivity index (χ2v) is 5.63. The Labute approximate surface area is 91.7 Å². The van der Waals surface area contributed by atoms with E-state index < -0.39 is 0 Å². The standard InChI is InChI=1S/C12H22N2O/c13-14-12(8-1-3-15-4-2-8)11-6-9-5-10(9)7-11/h8-12,14H,1-7,13H2. The minimum Gasteiger partial charge on any atom is -0.381 e. The van der Waals surface area contributed by atoms with E-state index in [-0.39, 0.29) is 0 Å². The van der Waals surface area contributed by atoms with Crippen molar-refractivity contribution in [3.63, 3.8) is 0 Å². The van der Waals surface area contributed by atoms with Crippen LogP contribution in [0.15, 0.2) is 0 Å². The Morgan fingerprint density at radius 3 is 2.27 bits per heavy atom. The van der Waals surface area contributed by atoms with Gasteiger partial charge < -0.3 is 4.74 Å². The highest BCUT2D eigenvalue weighted by atomic mass is 16.5. The van der Waals surface area contributed by atoms with E-state index in [1.165, 1.54) is 32.1 Å². The largest absolute Gasteiger partial charge is 0.381 e. The SMILES string of the molecule is NNC(C1CCOCC1)C1CC2CC2C1. The average molecular weight is 210 g/mol. The number of hydrogen-bond acceptors (Lipinski definition) is 3. The van der Waals surface area contributed by atoms with E-state index in [0.717, 1.165) is 36.9 Å². The minimum absolute atomic E-state index is 0.557. The van der Waals surface area contributed by atoms with Gasteiger partial charge in [0.2, 0.25) is 0 Å². The van der Waals surface area contributed by atoms with Crippen LogP contribution in [0.25, 0.3) is 0 Å².